The molecule has 2 aromatic heterocycles. The number of carbonyl (C=O) groups is 1. The smallest absolute Gasteiger partial charge is 0.248 e. The Labute approximate surface area is 165 Å². The number of rotatable bonds is 4. The van der Waals surface area contributed by atoms with E-state index in [-0.39, 0.29) is 0 Å². The van der Waals surface area contributed by atoms with Crippen LogP contribution in [0.15, 0.2) is 79.1 Å². The predicted octanol–water partition coefficient (Wildman–Crippen LogP) is 5.07. The van der Waals surface area contributed by atoms with Crippen molar-refractivity contribution in [1.82, 2.24) is 9.55 Å². The van der Waals surface area contributed by atoms with Gasteiger partial charge in [-0.2, -0.15) is 0 Å². The maximum Gasteiger partial charge on any atom is 0.248 e. The number of thiophene rings is 1. The van der Waals surface area contributed by atoms with Crippen LogP contribution in [0.25, 0.3) is 31.6 Å². The number of carbonyl (C=O) groups excluding carboxylic acids is 1. The van der Waals surface area contributed by atoms with E-state index in [1.807, 2.05) is 23.7 Å². The topological polar surface area (TPSA) is 60.9 Å². The SMILES string of the molecule is NC(=O)c1ccc2c(c1)ncn2Cc1cccc(-c2cc3ccccc3s2)c1. The second-order valence-corrected chi connectivity index (χ2v) is 7.87. The normalized spacial score (nSPS) is 11.3. The molecule has 0 spiro atoms. The van der Waals surface area contributed by atoms with Crippen LogP contribution >= 0.6 is 11.3 Å². The Bertz CT molecular complexity index is 1300. The lowest BCUT2D eigenvalue weighted by atomic mass is 10.1. The van der Waals surface area contributed by atoms with E-state index in [0.717, 1.165) is 11.0 Å². The second kappa shape index (κ2) is 6.62. The molecule has 1 amide bonds. The zero-order chi connectivity index (χ0) is 19.1. The van der Waals surface area contributed by atoms with Crippen molar-refractivity contribution in [3.63, 3.8) is 0 Å². The highest BCUT2D eigenvalue weighted by molar-refractivity contribution is 7.22. The zero-order valence-corrected chi connectivity index (χ0v) is 15.8. The minimum absolute atomic E-state index is 0.438. The Kier molecular flexibility index (Phi) is 3.95. The summed E-state index contributed by atoms with van der Waals surface area (Å²) in [6, 6.07) is 24.7. The molecule has 0 aliphatic carbocycles. The molecule has 0 unspecified atom stereocenters. The fourth-order valence-electron chi connectivity index (χ4n) is 3.49. The molecule has 0 aliphatic rings. The summed E-state index contributed by atoms with van der Waals surface area (Å²) >= 11 is 1.81. The molecule has 5 aromatic rings. The van der Waals surface area contributed by atoms with Crippen molar-refractivity contribution in [3.8, 4) is 10.4 Å². The van der Waals surface area contributed by atoms with Crippen LogP contribution in [0.1, 0.15) is 15.9 Å². The van der Waals surface area contributed by atoms with E-state index in [2.05, 4.69) is 64.1 Å². The summed E-state index contributed by atoms with van der Waals surface area (Å²) in [6.07, 6.45) is 1.81. The first-order valence-electron chi connectivity index (χ1n) is 9.00. The molecule has 2 N–H and O–H groups in total. The van der Waals surface area contributed by atoms with Gasteiger partial charge < -0.3 is 10.3 Å². The van der Waals surface area contributed by atoms with Crippen molar-refractivity contribution >= 4 is 38.4 Å². The molecule has 136 valence electrons. The van der Waals surface area contributed by atoms with Gasteiger partial charge in [0.2, 0.25) is 5.91 Å². The van der Waals surface area contributed by atoms with Gasteiger partial charge in [-0.05, 0) is 52.9 Å². The van der Waals surface area contributed by atoms with Crippen LogP contribution in [0.2, 0.25) is 0 Å². The van der Waals surface area contributed by atoms with Crippen molar-refractivity contribution < 1.29 is 4.79 Å². The van der Waals surface area contributed by atoms with Crippen molar-refractivity contribution in [2.24, 2.45) is 5.73 Å². The molecule has 0 radical (unpaired) electrons. The Hall–Kier alpha value is -3.44. The molecule has 0 saturated heterocycles. The molecule has 0 atom stereocenters. The number of amides is 1. The van der Waals surface area contributed by atoms with Crippen LogP contribution in [-0.4, -0.2) is 15.5 Å². The minimum atomic E-state index is -0.438. The van der Waals surface area contributed by atoms with Crippen LogP contribution in [0, 0.1) is 0 Å². The van der Waals surface area contributed by atoms with Gasteiger partial charge in [-0.1, -0.05) is 36.4 Å². The summed E-state index contributed by atoms with van der Waals surface area (Å²) in [6.45, 7) is 0.713. The van der Waals surface area contributed by atoms with E-state index >= 15 is 0 Å². The summed E-state index contributed by atoms with van der Waals surface area (Å²) < 4.78 is 3.39. The lowest BCUT2D eigenvalue weighted by molar-refractivity contribution is 0.100. The summed E-state index contributed by atoms with van der Waals surface area (Å²) in [5.74, 6) is -0.438. The third-order valence-corrected chi connectivity index (χ3v) is 6.06. The monoisotopic (exact) mass is 383 g/mol. The molecule has 28 heavy (non-hydrogen) atoms. The third kappa shape index (κ3) is 2.96. The standard InChI is InChI=1S/C23H17N3OS/c24-23(27)18-8-9-20-19(11-18)25-14-26(20)13-15-4-3-6-16(10-15)22-12-17-5-1-2-7-21(17)28-22/h1-12,14H,13H2,(H2,24,27). The first-order chi connectivity index (χ1) is 13.7. The molecule has 5 rings (SSSR count). The van der Waals surface area contributed by atoms with Gasteiger partial charge in [0, 0.05) is 21.7 Å². The van der Waals surface area contributed by atoms with E-state index in [1.54, 1.807) is 12.1 Å². The lowest BCUT2D eigenvalue weighted by Gasteiger charge is -2.07. The summed E-state index contributed by atoms with van der Waals surface area (Å²) in [4.78, 5) is 17.1. The zero-order valence-electron chi connectivity index (χ0n) is 15.0. The second-order valence-electron chi connectivity index (χ2n) is 6.79. The number of fused-ring (bicyclic) bond motifs is 2. The van der Waals surface area contributed by atoms with E-state index in [4.69, 9.17) is 5.73 Å². The lowest BCUT2D eigenvalue weighted by Crippen LogP contribution is -2.10. The Morgan fingerprint density at radius 2 is 1.89 bits per heavy atom. The molecule has 3 aromatic carbocycles. The number of nitrogens with zero attached hydrogens (tertiary/aromatic N) is 2. The van der Waals surface area contributed by atoms with Crippen molar-refractivity contribution in [2.75, 3.05) is 0 Å². The van der Waals surface area contributed by atoms with Gasteiger partial charge in [0.1, 0.15) is 0 Å². The van der Waals surface area contributed by atoms with Gasteiger partial charge in [-0.15, -0.1) is 11.3 Å². The average molecular weight is 383 g/mol. The number of nitrogens with two attached hydrogens (primary N) is 1. The van der Waals surface area contributed by atoms with Crippen LogP contribution in [0.5, 0.6) is 0 Å². The molecule has 2 heterocycles. The first-order valence-corrected chi connectivity index (χ1v) is 9.82. The predicted molar refractivity (Wildman–Crippen MR) is 115 cm³/mol. The van der Waals surface area contributed by atoms with Gasteiger partial charge in [0.05, 0.1) is 17.4 Å². The number of primary amides is 1. The van der Waals surface area contributed by atoms with Gasteiger partial charge in [-0.25, -0.2) is 4.98 Å². The van der Waals surface area contributed by atoms with Crippen molar-refractivity contribution in [2.45, 2.75) is 6.54 Å². The van der Waals surface area contributed by atoms with E-state index in [0.29, 0.717) is 12.1 Å². The number of hydrogen-bond donors (Lipinski definition) is 1. The minimum Gasteiger partial charge on any atom is -0.366 e. The number of hydrogen-bond acceptors (Lipinski definition) is 3. The first kappa shape index (κ1) is 16.7. The summed E-state index contributed by atoms with van der Waals surface area (Å²) in [5, 5.41) is 1.28. The Morgan fingerprint density at radius 1 is 1.00 bits per heavy atom. The maximum atomic E-state index is 11.4. The fraction of sp³-hybridized carbons (Fsp3) is 0.0435. The quantitative estimate of drug-likeness (QED) is 0.471. The van der Waals surface area contributed by atoms with E-state index in [1.165, 1.54) is 26.1 Å². The molecular formula is C23H17N3OS. The molecule has 0 fully saturated rings. The maximum absolute atomic E-state index is 11.4. The molecule has 5 heteroatoms. The molecule has 0 bridgehead atoms. The van der Waals surface area contributed by atoms with Gasteiger partial charge in [0.25, 0.3) is 0 Å². The Morgan fingerprint density at radius 3 is 2.75 bits per heavy atom. The molecule has 0 aliphatic heterocycles. The van der Waals surface area contributed by atoms with Crippen LogP contribution in [0.4, 0.5) is 0 Å². The van der Waals surface area contributed by atoms with Gasteiger partial charge >= 0.3 is 0 Å². The highest BCUT2D eigenvalue weighted by Gasteiger charge is 2.09. The van der Waals surface area contributed by atoms with Crippen LogP contribution in [0.3, 0.4) is 0 Å². The third-order valence-electron chi connectivity index (χ3n) is 4.90. The van der Waals surface area contributed by atoms with Gasteiger partial charge in [-0.3, -0.25) is 4.79 Å². The van der Waals surface area contributed by atoms with Crippen molar-refractivity contribution in [1.29, 1.82) is 0 Å². The average Bonchev–Trinajstić information content (AvgIpc) is 3.32. The Balaban J connectivity index is 1.48. The molecule has 4 nitrogen and oxygen atoms in total. The van der Waals surface area contributed by atoms with Crippen LogP contribution < -0.4 is 5.73 Å². The molecule has 0 saturated carbocycles. The van der Waals surface area contributed by atoms with E-state index in [9.17, 15) is 4.79 Å². The number of benzene rings is 3. The molecular weight excluding hydrogens is 366 g/mol. The van der Waals surface area contributed by atoms with Crippen molar-refractivity contribution in [3.05, 3.63) is 90.3 Å². The summed E-state index contributed by atoms with van der Waals surface area (Å²) in [7, 11) is 0. The van der Waals surface area contributed by atoms with Gasteiger partial charge in [0.15, 0.2) is 0 Å². The highest BCUT2D eigenvalue weighted by atomic mass is 32.1. The number of aromatic nitrogens is 2. The highest BCUT2D eigenvalue weighted by Crippen LogP contribution is 2.33. The van der Waals surface area contributed by atoms with Crippen LogP contribution in [-0.2, 0) is 6.54 Å². The summed E-state index contributed by atoms with van der Waals surface area (Å²) in [5.41, 5.74) is 10.0. The number of imidazole rings is 1. The fourth-order valence-corrected chi connectivity index (χ4v) is 4.55. The van der Waals surface area contributed by atoms with E-state index < -0.39 is 5.91 Å². The largest absolute Gasteiger partial charge is 0.366 e.